The van der Waals surface area contributed by atoms with Crippen molar-refractivity contribution >= 4 is 5.97 Å². The number of carbonyl (C=O) groups excluding carboxylic acids is 1. The molecule has 0 aromatic carbocycles. The van der Waals surface area contributed by atoms with Gasteiger partial charge in [-0.25, -0.2) is 4.98 Å². The molecule has 0 spiro atoms. The van der Waals surface area contributed by atoms with Crippen molar-refractivity contribution in [3.8, 4) is 0 Å². The van der Waals surface area contributed by atoms with Crippen LogP contribution in [0.25, 0.3) is 0 Å². The van der Waals surface area contributed by atoms with E-state index >= 15 is 0 Å². The normalized spacial score (nSPS) is 12.7. The highest BCUT2D eigenvalue weighted by atomic mass is 16.5. The van der Waals surface area contributed by atoms with Crippen molar-refractivity contribution in [1.29, 1.82) is 0 Å². The standard InChI is InChI=1S/C12H21N3O2/c1-4-17-12(16)11(14-10(2)3)5-7-15-8-6-13-9-15/h6,8-11,14H,4-5,7H2,1-3H3. The molecule has 1 unspecified atom stereocenters. The van der Waals surface area contributed by atoms with Gasteiger partial charge in [0.15, 0.2) is 0 Å². The molecule has 1 N–H and O–H groups in total. The molecule has 0 aliphatic rings. The van der Waals surface area contributed by atoms with E-state index in [1.54, 1.807) is 12.5 Å². The number of nitrogens with one attached hydrogen (secondary N) is 1. The summed E-state index contributed by atoms with van der Waals surface area (Å²) in [4.78, 5) is 15.7. The van der Waals surface area contributed by atoms with E-state index in [0.29, 0.717) is 13.0 Å². The highest BCUT2D eigenvalue weighted by Gasteiger charge is 2.19. The molecular formula is C12H21N3O2. The second kappa shape index (κ2) is 7.06. The molecule has 0 bridgehead atoms. The molecule has 5 heteroatoms. The minimum absolute atomic E-state index is 0.179. The number of imidazole rings is 1. The van der Waals surface area contributed by atoms with Gasteiger partial charge < -0.3 is 14.6 Å². The fraction of sp³-hybridized carbons (Fsp3) is 0.667. The third-order valence-electron chi connectivity index (χ3n) is 2.34. The smallest absolute Gasteiger partial charge is 0.323 e. The van der Waals surface area contributed by atoms with Gasteiger partial charge in [0.2, 0.25) is 0 Å². The Bertz CT molecular complexity index is 323. The first-order valence-electron chi connectivity index (χ1n) is 6.02. The van der Waals surface area contributed by atoms with E-state index in [1.165, 1.54) is 0 Å². The van der Waals surface area contributed by atoms with Gasteiger partial charge in [0.05, 0.1) is 12.9 Å². The maximum Gasteiger partial charge on any atom is 0.323 e. The second-order valence-electron chi connectivity index (χ2n) is 4.22. The first kappa shape index (κ1) is 13.7. The van der Waals surface area contributed by atoms with Crippen LogP contribution in [0.15, 0.2) is 18.7 Å². The Hall–Kier alpha value is -1.36. The molecule has 0 saturated carbocycles. The van der Waals surface area contributed by atoms with Crippen LogP contribution >= 0.6 is 0 Å². The van der Waals surface area contributed by atoms with Crippen LogP contribution in [-0.2, 0) is 16.1 Å². The monoisotopic (exact) mass is 239 g/mol. The van der Waals surface area contributed by atoms with Gasteiger partial charge in [0, 0.05) is 25.0 Å². The summed E-state index contributed by atoms with van der Waals surface area (Å²) >= 11 is 0. The van der Waals surface area contributed by atoms with E-state index < -0.39 is 0 Å². The van der Waals surface area contributed by atoms with Crippen LogP contribution in [0.4, 0.5) is 0 Å². The second-order valence-corrected chi connectivity index (χ2v) is 4.22. The first-order valence-corrected chi connectivity index (χ1v) is 6.02. The minimum atomic E-state index is -0.252. The lowest BCUT2D eigenvalue weighted by Crippen LogP contribution is -2.42. The van der Waals surface area contributed by atoms with Gasteiger partial charge in [-0.05, 0) is 13.3 Å². The zero-order valence-corrected chi connectivity index (χ0v) is 10.7. The molecule has 0 aliphatic carbocycles. The van der Waals surface area contributed by atoms with Crippen molar-refractivity contribution in [2.75, 3.05) is 6.61 Å². The lowest BCUT2D eigenvalue weighted by Gasteiger charge is -2.19. The number of hydrogen-bond donors (Lipinski definition) is 1. The van der Waals surface area contributed by atoms with Gasteiger partial charge in [0.1, 0.15) is 6.04 Å². The molecule has 0 saturated heterocycles. The summed E-state index contributed by atoms with van der Waals surface area (Å²) in [5.41, 5.74) is 0. The molecule has 17 heavy (non-hydrogen) atoms. The Balaban J connectivity index is 2.48. The molecule has 5 nitrogen and oxygen atoms in total. The van der Waals surface area contributed by atoms with E-state index in [2.05, 4.69) is 10.3 Å². The van der Waals surface area contributed by atoms with Gasteiger partial charge >= 0.3 is 5.97 Å². The predicted octanol–water partition coefficient (Wildman–Crippen LogP) is 1.20. The molecule has 0 radical (unpaired) electrons. The SMILES string of the molecule is CCOC(=O)C(CCn1ccnc1)NC(C)C. The van der Waals surface area contributed by atoms with Gasteiger partial charge in [-0.1, -0.05) is 13.8 Å². The van der Waals surface area contributed by atoms with Gasteiger partial charge in [-0.2, -0.15) is 0 Å². The quantitative estimate of drug-likeness (QED) is 0.726. The Morgan fingerprint density at radius 2 is 2.29 bits per heavy atom. The topological polar surface area (TPSA) is 56.2 Å². The Labute approximate surface area is 102 Å². The summed E-state index contributed by atoms with van der Waals surface area (Å²) in [7, 11) is 0. The largest absolute Gasteiger partial charge is 0.465 e. The van der Waals surface area contributed by atoms with Crippen LogP contribution in [0.2, 0.25) is 0 Å². The van der Waals surface area contributed by atoms with E-state index in [1.807, 2.05) is 31.5 Å². The molecule has 0 aliphatic heterocycles. The summed E-state index contributed by atoms with van der Waals surface area (Å²) in [6, 6.07) is 0.00421. The summed E-state index contributed by atoms with van der Waals surface area (Å²) in [5.74, 6) is -0.179. The Kier molecular flexibility index (Phi) is 5.69. The maximum absolute atomic E-state index is 11.7. The average Bonchev–Trinajstić information content (AvgIpc) is 2.76. The van der Waals surface area contributed by atoms with Crippen molar-refractivity contribution in [2.45, 2.75) is 45.8 Å². The van der Waals surface area contributed by atoms with Gasteiger partial charge in [-0.3, -0.25) is 4.79 Å². The van der Waals surface area contributed by atoms with Crippen molar-refractivity contribution in [1.82, 2.24) is 14.9 Å². The van der Waals surface area contributed by atoms with Crippen LogP contribution in [0, 0.1) is 0 Å². The molecular weight excluding hydrogens is 218 g/mol. The lowest BCUT2D eigenvalue weighted by molar-refractivity contribution is -0.146. The number of nitrogens with zero attached hydrogens (tertiary/aromatic N) is 2. The maximum atomic E-state index is 11.7. The Morgan fingerprint density at radius 3 is 2.82 bits per heavy atom. The van der Waals surface area contributed by atoms with Gasteiger partial charge in [-0.15, -0.1) is 0 Å². The summed E-state index contributed by atoms with van der Waals surface area (Å²) < 4.78 is 7.00. The van der Waals surface area contributed by atoms with Crippen molar-refractivity contribution < 1.29 is 9.53 Å². The third kappa shape index (κ3) is 4.99. The highest BCUT2D eigenvalue weighted by Crippen LogP contribution is 2.01. The molecule has 96 valence electrons. The predicted molar refractivity (Wildman–Crippen MR) is 65.5 cm³/mol. The molecule has 1 aromatic rings. The van der Waals surface area contributed by atoms with Crippen LogP contribution < -0.4 is 5.32 Å². The first-order chi connectivity index (χ1) is 8.13. The number of ether oxygens (including phenoxy) is 1. The van der Waals surface area contributed by atoms with Gasteiger partial charge in [0.25, 0.3) is 0 Å². The highest BCUT2D eigenvalue weighted by molar-refractivity contribution is 5.75. The van der Waals surface area contributed by atoms with E-state index in [4.69, 9.17) is 4.74 Å². The average molecular weight is 239 g/mol. The zero-order valence-electron chi connectivity index (χ0n) is 10.7. The van der Waals surface area contributed by atoms with Crippen molar-refractivity contribution in [2.24, 2.45) is 0 Å². The van der Waals surface area contributed by atoms with Crippen molar-refractivity contribution in [3.63, 3.8) is 0 Å². The molecule has 1 rings (SSSR count). The molecule has 1 aromatic heterocycles. The fourth-order valence-electron chi connectivity index (χ4n) is 1.61. The number of aromatic nitrogens is 2. The van der Waals surface area contributed by atoms with E-state index in [9.17, 15) is 4.79 Å². The van der Waals surface area contributed by atoms with Crippen LogP contribution in [0.3, 0.4) is 0 Å². The van der Waals surface area contributed by atoms with Crippen LogP contribution in [-0.4, -0.2) is 34.2 Å². The lowest BCUT2D eigenvalue weighted by atomic mass is 10.2. The molecule has 0 amide bonds. The fourth-order valence-corrected chi connectivity index (χ4v) is 1.61. The minimum Gasteiger partial charge on any atom is -0.465 e. The number of hydrogen-bond acceptors (Lipinski definition) is 4. The number of esters is 1. The molecule has 0 fully saturated rings. The number of carbonyl (C=O) groups is 1. The molecule has 1 heterocycles. The van der Waals surface area contributed by atoms with Crippen LogP contribution in [0.5, 0.6) is 0 Å². The number of rotatable bonds is 7. The van der Waals surface area contributed by atoms with Crippen LogP contribution in [0.1, 0.15) is 27.2 Å². The third-order valence-corrected chi connectivity index (χ3v) is 2.34. The summed E-state index contributed by atoms with van der Waals surface area (Å²) in [5, 5.41) is 3.22. The zero-order chi connectivity index (χ0) is 12.7. The number of aryl methyl sites for hydroxylation is 1. The summed E-state index contributed by atoms with van der Waals surface area (Å²) in [6.45, 7) is 7.02. The molecule has 1 atom stereocenters. The van der Waals surface area contributed by atoms with Crippen molar-refractivity contribution in [3.05, 3.63) is 18.7 Å². The Morgan fingerprint density at radius 1 is 1.53 bits per heavy atom. The van der Waals surface area contributed by atoms with E-state index in [0.717, 1.165) is 6.54 Å². The van der Waals surface area contributed by atoms with E-state index in [-0.39, 0.29) is 18.1 Å². The summed E-state index contributed by atoms with van der Waals surface area (Å²) in [6.07, 6.45) is 6.07.